The van der Waals surface area contributed by atoms with Crippen molar-refractivity contribution in [1.29, 1.82) is 0 Å². The molecule has 2 aromatic rings. The third-order valence-corrected chi connectivity index (χ3v) is 6.48. The number of carbonyl (C=O) groups is 2. The summed E-state index contributed by atoms with van der Waals surface area (Å²) in [5, 5.41) is 9.14. The van der Waals surface area contributed by atoms with Gasteiger partial charge in [-0.3, -0.25) is 9.59 Å². The summed E-state index contributed by atoms with van der Waals surface area (Å²) in [5.41, 5.74) is 1.22. The lowest BCUT2D eigenvalue weighted by Gasteiger charge is -2.30. The molecule has 3 rings (SSSR count). The van der Waals surface area contributed by atoms with Crippen molar-refractivity contribution in [3.63, 3.8) is 0 Å². The Bertz CT molecular complexity index is 1220. The lowest BCUT2D eigenvalue weighted by Crippen LogP contribution is -2.49. The minimum atomic E-state index is -0.582. The maximum absolute atomic E-state index is 13.0. The Morgan fingerprint density at radius 1 is 1.21 bits per heavy atom. The van der Waals surface area contributed by atoms with Gasteiger partial charge in [-0.2, -0.15) is 9.37 Å². The van der Waals surface area contributed by atoms with E-state index in [1.54, 1.807) is 39.4 Å². The maximum Gasteiger partial charge on any atom is 0.246 e. The molecule has 1 aliphatic rings. The number of rotatable bonds is 9. The molecule has 2 aromatic heterocycles. The Balaban J connectivity index is 1.57. The zero-order valence-corrected chi connectivity index (χ0v) is 23.2. The number of anilines is 3. The highest BCUT2D eigenvalue weighted by atomic mass is 19.1. The topological polar surface area (TPSA) is 115 Å². The van der Waals surface area contributed by atoms with Crippen molar-refractivity contribution in [3.8, 4) is 11.8 Å². The average Bonchev–Trinajstić information content (AvgIpc) is 2.92. The van der Waals surface area contributed by atoms with E-state index in [9.17, 15) is 14.0 Å². The summed E-state index contributed by atoms with van der Waals surface area (Å²) >= 11 is 0. The molecule has 3 N–H and O–H groups in total. The predicted octanol–water partition coefficient (Wildman–Crippen LogP) is 2.79. The molecule has 208 valence electrons. The molecule has 0 saturated heterocycles. The number of nitrogens with one attached hydrogen (secondary N) is 3. The van der Waals surface area contributed by atoms with E-state index in [-0.39, 0.29) is 23.8 Å². The second kappa shape index (κ2) is 14.2. The molecule has 0 unspecified atom stereocenters. The van der Waals surface area contributed by atoms with Gasteiger partial charge in [-0.1, -0.05) is 24.3 Å². The number of hydrogen-bond donors (Lipinski definition) is 3. The van der Waals surface area contributed by atoms with Crippen LogP contribution in [0.15, 0.2) is 36.7 Å². The molecule has 39 heavy (non-hydrogen) atoms. The highest BCUT2D eigenvalue weighted by molar-refractivity contribution is 5.92. The molecule has 1 fully saturated rings. The fourth-order valence-electron chi connectivity index (χ4n) is 4.11. The van der Waals surface area contributed by atoms with Gasteiger partial charge in [0.25, 0.3) is 0 Å². The van der Waals surface area contributed by atoms with E-state index < -0.39 is 12.0 Å². The molecule has 3 atom stereocenters. The van der Waals surface area contributed by atoms with E-state index in [1.807, 2.05) is 19.0 Å². The van der Waals surface area contributed by atoms with E-state index in [0.29, 0.717) is 29.6 Å². The molecule has 0 aliphatic heterocycles. The zero-order valence-electron chi connectivity index (χ0n) is 23.2. The number of likely N-dealkylation sites (N-methyl/N-ethyl adjacent to an activating group) is 2. The summed E-state index contributed by atoms with van der Waals surface area (Å²) < 4.78 is 13.0. The van der Waals surface area contributed by atoms with Crippen molar-refractivity contribution in [2.45, 2.75) is 44.7 Å². The van der Waals surface area contributed by atoms with Gasteiger partial charge in [-0.05, 0) is 52.4 Å². The SMILES string of the molecule is CNc1nc(Nc2ccc(F)nc2)ncc1C#C[C@@H]1CCC[C@H](NC(=O)[C@H](C)N(C)C(=O)/C=C/CN(C)C)C1. The Kier molecular flexibility index (Phi) is 10.8. The van der Waals surface area contributed by atoms with E-state index in [1.165, 1.54) is 23.2 Å². The summed E-state index contributed by atoms with van der Waals surface area (Å²) in [6.07, 6.45) is 9.78. The van der Waals surface area contributed by atoms with Crippen LogP contribution >= 0.6 is 0 Å². The Morgan fingerprint density at radius 3 is 2.69 bits per heavy atom. The van der Waals surface area contributed by atoms with Crippen molar-refractivity contribution in [2.75, 3.05) is 45.4 Å². The van der Waals surface area contributed by atoms with Crippen molar-refractivity contribution >= 4 is 29.3 Å². The Morgan fingerprint density at radius 2 is 2.00 bits per heavy atom. The number of aromatic nitrogens is 3. The third kappa shape index (κ3) is 9.04. The van der Waals surface area contributed by atoms with Gasteiger partial charge in [-0.25, -0.2) is 9.97 Å². The van der Waals surface area contributed by atoms with Crippen LogP contribution in [0.3, 0.4) is 0 Å². The van der Waals surface area contributed by atoms with Crippen LogP contribution in [-0.2, 0) is 9.59 Å². The first kappa shape index (κ1) is 29.5. The molecule has 10 nitrogen and oxygen atoms in total. The fourth-order valence-corrected chi connectivity index (χ4v) is 4.11. The minimum Gasteiger partial charge on any atom is -0.372 e. The minimum absolute atomic E-state index is 0.00306. The van der Waals surface area contributed by atoms with Gasteiger partial charge in [0.1, 0.15) is 11.9 Å². The largest absolute Gasteiger partial charge is 0.372 e. The highest BCUT2D eigenvalue weighted by Gasteiger charge is 2.26. The summed E-state index contributed by atoms with van der Waals surface area (Å²) in [7, 11) is 7.24. The fraction of sp³-hybridized carbons (Fsp3) is 0.464. The van der Waals surface area contributed by atoms with Crippen LogP contribution in [0.25, 0.3) is 0 Å². The van der Waals surface area contributed by atoms with Crippen molar-refractivity contribution in [3.05, 3.63) is 48.2 Å². The first-order chi connectivity index (χ1) is 18.7. The summed E-state index contributed by atoms with van der Waals surface area (Å²) in [5.74, 6) is 6.59. The van der Waals surface area contributed by atoms with Crippen LogP contribution in [0, 0.1) is 23.7 Å². The van der Waals surface area contributed by atoms with Gasteiger partial charge >= 0.3 is 0 Å². The first-order valence-electron chi connectivity index (χ1n) is 13.0. The molecule has 2 amide bonds. The van der Waals surface area contributed by atoms with E-state index in [4.69, 9.17) is 0 Å². The number of amides is 2. The van der Waals surface area contributed by atoms with E-state index in [0.717, 1.165) is 25.7 Å². The average molecular weight is 537 g/mol. The van der Waals surface area contributed by atoms with E-state index >= 15 is 0 Å². The molecule has 1 saturated carbocycles. The number of carbonyl (C=O) groups excluding carboxylic acids is 2. The smallest absolute Gasteiger partial charge is 0.246 e. The molecule has 0 aromatic carbocycles. The van der Waals surface area contributed by atoms with Gasteiger partial charge in [0.05, 0.1) is 23.6 Å². The monoisotopic (exact) mass is 536 g/mol. The van der Waals surface area contributed by atoms with Crippen molar-refractivity contribution in [2.24, 2.45) is 5.92 Å². The third-order valence-electron chi connectivity index (χ3n) is 6.48. The predicted molar refractivity (Wildman–Crippen MR) is 150 cm³/mol. The normalized spacial score (nSPS) is 17.7. The van der Waals surface area contributed by atoms with E-state index in [2.05, 4.69) is 42.7 Å². The molecular weight excluding hydrogens is 499 g/mol. The first-order valence-corrected chi connectivity index (χ1v) is 13.0. The molecule has 11 heteroatoms. The second-order valence-corrected chi connectivity index (χ2v) is 9.83. The highest BCUT2D eigenvalue weighted by Crippen LogP contribution is 2.24. The maximum atomic E-state index is 13.0. The van der Waals surface area contributed by atoms with Gasteiger partial charge in [0.2, 0.25) is 23.7 Å². The molecule has 0 radical (unpaired) electrons. The standard InChI is InChI=1S/C28H37FN8O2/c1-19(37(5)25(38)10-7-15-36(3)4)27(39)33-22-9-6-8-20(16-22)11-12-21-17-32-28(35-26(21)30-2)34-23-13-14-24(29)31-18-23/h7,10,13-14,17-20,22H,6,8-9,15-16H2,1-5H3,(H,33,39)(H2,30,32,34,35)/b10-7+/t19-,20-,22-/m0/s1. The van der Waals surface area contributed by atoms with Gasteiger partial charge in [-0.15, -0.1) is 0 Å². The van der Waals surface area contributed by atoms with Crippen LogP contribution < -0.4 is 16.0 Å². The van der Waals surface area contributed by atoms with Crippen molar-refractivity contribution < 1.29 is 14.0 Å². The second-order valence-electron chi connectivity index (χ2n) is 9.83. The van der Waals surface area contributed by atoms with Crippen LogP contribution in [0.5, 0.6) is 0 Å². The van der Waals surface area contributed by atoms with Crippen LogP contribution in [-0.4, -0.2) is 83.4 Å². The molecule has 0 spiro atoms. The van der Waals surface area contributed by atoms with Crippen LogP contribution in [0.2, 0.25) is 0 Å². The summed E-state index contributed by atoms with van der Waals surface area (Å²) in [6, 6.07) is 2.22. The number of halogens is 1. The Hall–Kier alpha value is -4.04. The van der Waals surface area contributed by atoms with Crippen molar-refractivity contribution in [1.82, 2.24) is 30.1 Å². The lowest BCUT2D eigenvalue weighted by molar-refractivity contribution is -0.135. The van der Waals surface area contributed by atoms with Gasteiger partial charge in [0, 0.05) is 38.7 Å². The quantitative estimate of drug-likeness (QED) is 0.255. The van der Waals surface area contributed by atoms with Gasteiger partial charge in [0.15, 0.2) is 0 Å². The number of hydrogen-bond acceptors (Lipinski definition) is 8. The molecule has 2 heterocycles. The lowest BCUT2D eigenvalue weighted by atomic mass is 9.86. The molecular formula is C28H37FN8O2. The Labute approximate surface area is 229 Å². The van der Waals surface area contributed by atoms with Crippen LogP contribution in [0.1, 0.15) is 38.2 Å². The molecule has 1 aliphatic carbocycles. The summed E-state index contributed by atoms with van der Waals surface area (Å²) in [6.45, 7) is 2.39. The van der Waals surface area contributed by atoms with Crippen LogP contribution in [0.4, 0.5) is 21.8 Å². The molecule has 0 bridgehead atoms. The number of nitrogens with zero attached hydrogens (tertiary/aromatic N) is 5. The van der Waals surface area contributed by atoms with Gasteiger partial charge < -0.3 is 25.8 Å². The number of pyridine rings is 1. The zero-order chi connectivity index (χ0) is 28.4. The summed E-state index contributed by atoms with van der Waals surface area (Å²) in [4.78, 5) is 41.0.